The van der Waals surface area contributed by atoms with Crippen molar-refractivity contribution in [3.05, 3.63) is 73.3 Å². The third kappa shape index (κ3) is 4.95. The molecule has 0 spiro atoms. The fourth-order valence-electron chi connectivity index (χ4n) is 2.66. The molecule has 6 nitrogen and oxygen atoms in total. The van der Waals surface area contributed by atoms with E-state index in [4.69, 9.17) is 9.47 Å². The molecule has 0 saturated carbocycles. The number of carbonyl (C=O) groups is 1. The van der Waals surface area contributed by atoms with Gasteiger partial charge in [-0.1, -0.05) is 32.0 Å². The monoisotopic (exact) mass is 366 g/mol. The lowest BCUT2D eigenvalue weighted by Crippen LogP contribution is -2.41. The van der Waals surface area contributed by atoms with Crippen LogP contribution in [-0.2, 0) is 11.3 Å². The Morgan fingerprint density at radius 1 is 1.07 bits per heavy atom. The Morgan fingerprint density at radius 3 is 2.44 bits per heavy atom. The molecule has 6 heteroatoms. The van der Waals surface area contributed by atoms with Crippen LogP contribution < -0.4 is 9.47 Å². The molecule has 0 amide bonds. The van der Waals surface area contributed by atoms with E-state index >= 15 is 0 Å². The number of carbonyl (C=O) groups excluding carboxylic acids is 1. The van der Waals surface area contributed by atoms with Crippen molar-refractivity contribution in [2.75, 3.05) is 0 Å². The van der Waals surface area contributed by atoms with Crippen LogP contribution in [0.1, 0.15) is 13.8 Å². The third-order valence-electron chi connectivity index (χ3n) is 4.11. The number of esters is 1. The average molecular weight is 366 g/mol. The molecule has 0 aliphatic carbocycles. The van der Waals surface area contributed by atoms with Crippen molar-refractivity contribution >= 4 is 5.97 Å². The Bertz CT molecular complexity index is 876. The number of nitrogens with zero attached hydrogens (tertiary/aromatic N) is 2. The smallest absolute Gasteiger partial charge is 0.341 e. The minimum atomic E-state index is -1.29. The Hall–Kier alpha value is -3.12. The molecule has 3 rings (SSSR count). The van der Waals surface area contributed by atoms with E-state index in [1.165, 1.54) is 12.4 Å². The molecular formula is C21H22N2O4. The minimum absolute atomic E-state index is 0.212. The van der Waals surface area contributed by atoms with Gasteiger partial charge in [0.25, 0.3) is 0 Å². The van der Waals surface area contributed by atoms with E-state index in [1.807, 2.05) is 73.3 Å². The number of hydrogen-bond acceptors (Lipinski definition) is 5. The van der Waals surface area contributed by atoms with Crippen molar-refractivity contribution in [2.24, 2.45) is 5.41 Å². The van der Waals surface area contributed by atoms with E-state index in [0.29, 0.717) is 18.0 Å². The highest BCUT2D eigenvalue weighted by Crippen LogP contribution is 2.27. The summed E-state index contributed by atoms with van der Waals surface area (Å²) in [6.07, 6.45) is 5.40. The number of aliphatic hydroxyl groups is 1. The number of rotatable bonds is 7. The highest BCUT2D eigenvalue weighted by molar-refractivity contribution is 5.77. The molecule has 140 valence electrons. The normalized spacial score (nSPS) is 12.4. The van der Waals surface area contributed by atoms with E-state index in [-0.39, 0.29) is 5.75 Å². The van der Waals surface area contributed by atoms with E-state index in [1.54, 1.807) is 6.07 Å². The second kappa shape index (κ2) is 8.05. The van der Waals surface area contributed by atoms with Gasteiger partial charge in [0.15, 0.2) is 11.9 Å². The van der Waals surface area contributed by atoms with Crippen molar-refractivity contribution < 1.29 is 19.4 Å². The summed E-state index contributed by atoms with van der Waals surface area (Å²) in [5, 5.41) is 10.5. The minimum Gasteiger partial charge on any atom is -0.456 e. The largest absolute Gasteiger partial charge is 0.456 e. The lowest BCUT2D eigenvalue weighted by Gasteiger charge is -2.29. The third-order valence-corrected chi connectivity index (χ3v) is 4.11. The Morgan fingerprint density at radius 2 is 1.74 bits per heavy atom. The fourth-order valence-corrected chi connectivity index (χ4v) is 2.66. The lowest BCUT2D eigenvalue weighted by atomic mass is 9.86. The molecule has 0 aliphatic heterocycles. The Labute approximate surface area is 158 Å². The summed E-state index contributed by atoms with van der Waals surface area (Å²) in [5.41, 5.74) is -0.707. The predicted molar refractivity (Wildman–Crippen MR) is 101 cm³/mol. The van der Waals surface area contributed by atoms with Gasteiger partial charge in [-0.25, -0.2) is 4.79 Å². The van der Waals surface area contributed by atoms with Gasteiger partial charge < -0.3 is 19.1 Å². The predicted octanol–water partition coefficient (Wildman–Crippen LogP) is 3.67. The summed E-state index contributed by atoms with van der Waals surface area (Å²) in [7, 11) is 0. The quantitative estimate of drug-likeness (QED) is 0.646. The van der Waals surface area contributed by atoms with Crippen molar-refractivity contribution in [1.29, 1.82) is 0 Å². The highest BCUT2D eigenvalue weighted by atomic mass is 16.6. The second-order valence-electron chi connectivity index (χ2n) is 6.94. The van der Waals surface area contributed by atoms with Gasteiger partial charge in [0.05, 0.1) is 12.4 Å². The molecule has 2 aromatic heterocycles. The molecule has 0 fully saturated rings. The molecule has 0 radical (unpaired) electrons. The number of aliphatic hydroxyl groups excluding tert-OH is 1. The molecule has 27 heavy (non-hydrogen) atoms. The zero-order valence-electron chi connectivity index (χ0n) is 15.3. The number of ether oxygens (including phenoxy) is 2. The van der Waals surface area contributed by atoms with Crippen LogP contribution in [0.25, 0.3) is 0 Å². The number of para-hydroxylation sites is 1. The van der Waals surface area contributed by atoms with Gasteiger partial charge in [0.1, 0.15) is 11.5 Å². The van der Waals surface area contributed by atoms with Crippen molar-refractivity contribution in [3.63, 3.8) is 0 Å². The van der Waals surface area contributed by atoms with Crippen molar-refractivity contribution in [2.45, 2.75) is 26.5 Å². The Balaban J connectivity index is 1.65. The maximum absolute atomic E-state index is 12.4. The van der Waals surface area contributed by atoms with Crippen LogP contribution in [0.4, 0.5) is 0 Å². The summed E-state index contributed by atoms with van der Waals surface area (Å²) in [4.78, 5) is 16.4. The first-order valence-corrected chi connectivity index (χ1v) is 8.62. The van der Waals surface area contributed by atoms with Gasteiger partial charge in [-0.3, -0.25) is 4.98 Å². The molecule has 3 aromatic rings. The van der Waals surface area contributed by atoms with Crippen LogP contribution in [0.2, 0.25) is 0 Å². The molecule has 1 unspecified atom stereocenters. The molecule has 1 atom stereocenters. The maximum atomic E-state index is 12.4. The van der Waals surface area contributed by atoms with E-state index < -0.39 is 17.5 Å². The number of pyridine rings is 1. The van der Waals surface area contributed by atoms with E-state index in [0.717, 1.165) is 0 Å². The van der Waals surface area contributed by atoms with Crippen LogP contribution in [0.15, 0.2) is 73.3 Å². The van der Waals surface area contributed by atoms with Gasteiger partial charge in [-0.05, 0) is 24.3 Å². The molecule has 1 N–H and O–H groups in total. The first kappa shape index (κ1) is 18.7. The number of hydrogen-bond donors (Lipinski definition) is 1. The van der Waals surface area contributed by atoms with Gasteiger partial charge >= 0.3 is 5.97 Å². The summed E-state index contributed by atoms with van der Waals surface area (Å²) in [6.45, 7) is 4.10. The van der Waals surface area contributed by atoms with Crippen molar-refractivity contribution in [3.8, 4) is 17.2 Å². The van der Waals surface area contributed by atoms with Crippen molar-refractivity contribution in [1.82, 2.24) is 9.55 Å². The zero-order chi connectivity index (χ0) is 19.3. The van der Waals surface area contributed by atoms with Gasteiger partial charge in [-0.2, -0.15) is 0 Å². The Kier molecular flexibility index (Phi) is 5.57. The van der Waals surface area contributed by atoms with Crippen LogP contribution in [0.3, 0.4) is 0 Å². The first-order chi connectivity index (χ1) is 12.9. The van der Waals surface area contributed by atoms with Crippen LogP contribution in [-0.4, -0.2) is 26.7 Å². The first-order valence-electron chi connectivity index (χ1n) is 8.62. The molecule has 2 heterocycles. The van der Waals surface area contributed by atoms with Gasteiger partial charge in [0, 0.05) is 30.4 Å². The average Bonchev–Trinajstić information content (AvgIpc) is 3.14. The molecular weight excluding hydrogens is 344 g/mol. The summed E-state index contributed by atoms with van der Waals surface area (Å²) >= 11 is 0. The van der Waals surface area contributed by atoms with E-state index in [9.17, 15) is 9.90 Å². The SMILES string of the molecule is CC(C)(Cn1cccc1)C(O)C(=O)Oc1cncc(Oc2ccccc2)c1. The standard InChI is InChI=1S/C21H22N2O4/c1-21(2,15-23-10-6-7-11-23)19(24)20(25)27-18-12-17(13-22-14-18)26-16-8-4-3-5-9-16/h3-14,19,24H,15H2,1-2H3. The topological polar surface area (TPSA) is 73.6 Å². The zero-order valence-corrected chi connectivity index (χ0v) is 15.3. The molecule has 1 aromatic carbocycles. The number of benzene rings is 1. The highest BCUT2D eigenvalue weighted by Gasteiger charge is 2.35. The second-order valence-corrected chi connectivity index (χ2v) is 6.94. The van der Waals surface area contributed by atoms with E-state index in [2.05, 4.69) is 4.98 Å². The summed E-state index contributed by atoms with van der Waals surface area (Å²) < 4.78 is 12.9. The summed E-state index contributed by atoms with van der Waals surface area (Å²) in [6, 6.07) is 14.6. The van der Waals surface area contributed by atoms with Gasteiger partial charge in [0.2, 0.25) is 0 Å². The lowest BCUT2D eigenvalue weighted by molar-refractivity contribution is -0.150. The fraction of sp³-hybridized carbons (Fsp3) is 0.238. The molecule has 0 bridgehead atoms. The van der Waals surface area contributed by atoms with Crippen LogP contribution in [0.5, 0.6) is 17.2 Å². The maximum Gasteiger partial charge on any atom is 0.341 e. The summed E-state index contributed by atoms with van der Waals surface area (Å²) in [5.74, 6) is 0.568. The number of aromatic nitrogens is 2. The molecule has 0 aliphatic rings. The molecule has 0 saturated heterocycles. The van der Waals surface area contributed by atoms with Crippen LogP contribution >= 0.6 is 0 Å². The van der Waals surface area contributed by atoms with Gasteiger partial charge in [-0.15, -0.1) is 0 Å². The van der Waals surface area contributed by atoms with Crippen LogP contribution in [0, 0.1) is 5.41 Å².